The van der Waals surface area contributed by atoms with Crippen molar-refractivity contribution in [3.05, 3.63) is 95.1 Å². The number of rotatable bonds is 7. The topological polar surface area (TPSA) is 128 Å². The van der Waals surface area contributed by atoms with E-state index in [2.05, 4.69) is 48.5 Å². The van der Waals surface area contributed by atoms with Crippen LogP contribution in [0.15, 0.2) is 72.8 Å². The van der Waals surface area contributed by atoms with Gasteiger partial charge in [0.2, 0.25) is 0 Å². The molecule has 5 aliphatic rings. The predicted molar refractivity (Wildman–Crippen MR) is 168 cm³/mol. The summed E-state index contributed by atoms with van der Waals surface area (Å²) in [6, 6.07) is 24.5. The van der Waals surface area contributed by atoms with Crippen LogP contribution in [0.2, 0.25) is 0 Å². The average molecular weight is 630 g/mol. The van der Waals surface area contributed by atoms with E-state index in [1.54, 1.807) is 6.07 Å². The van der Waals surface area contributed by atoms with Gasteiger partial charge in [0.1, 0.15) is 0 Å². The number of Topliss-reactive ketones (excluding diaryl/α,β-unsaturated/α-hetero) is 1. The van der Waals surface area contributed by atoms with Crippen LogP contribution in [-0.4, -0.2) is 40.1 Å². The first-order valence-electron chi connectivity index (χ1n) is 16.3. The van der Waals surface area contributed by atoms with Gasteiger partial charge in [-0.1, -0.05) is 66.7 Å². The van der Waals surface area contributed by atoms with Gasteiger partial charge in [0.25, 0.3) is 0 Å². The third kappa shape index (κ3) is 4.33. The number of carbonyl (C=O) groups is 1. The van der Waals surface area contributed by atoms with Crippen molar-refractivity contribution in [2.75, 3.05) is 6.61 Å². The average Bonchev–Trinajstić information content (AvgIpc) is 3.42. The van der Waals surface area contributed by atoms with Gasteiger partial charge in [-0.3, -0.25) is 14.2 Å². The van der Waals surface area contributed by atoms with Gasteiger partial charge >= 0.3 is 7.82 Å². The molecule has 3 saturated carbocycles. The van der Waals surface area contributed by atoms with Crippen LogP contribution >= 0.6 is 7.82 Å². The van der Waals surface area contributed by atoms with Crippen molar-refractivity contribution in [2.24, 2.45) is 17.6 Å². The summed E-state index contributed by atoms with van der Waals surface area (Å²) in [5.41, 5.74) is 8.58. The predicted octanol–water partition coefficient (Wildman–Crippen LogP) is 5.75. The van der Waals surface area contributed by atoms with E-state index in [9.17, 15) is 19.4 Å². The number of benzene rings is 3. The number of ether oxygens (including phenoxy) is 1. The number of ketones is 1. The van der Waals surface area contributed by atoms with Crippen molar-refractivity contribution >= 4 is 13.6 Å². The van der Waals surface area contributed by atoms with Crippen molar-refractivity contribution in [1.82, 2.24) is 0 Å². The van der Waals surface area contributed by atoms with E-state index in [1.807, 2.05) is 18.2 Å². The number of hydrogen-bond acceptors (Lipinski definition) is 7. The van der Waals surface area contributed by atoms with E-state index in [-0.39, 0.29) is 53.6 Å². The van der Waals surface area contributed by atoms with Gasteiger partial charge in [-0.15, -0.1) is 0 Å². The van der Waals surface area contributed by atoms with Crippen LogP contribution in [0.1, 0.15) is 73.6 Å². The maximum Gasteiger partial charge on any atom is 0.527 e. The molecule has 0 amide bonds. The summed E-state index contributed by atoms with van der Waals surface area (Å²) < 4.78 is 31.0. The van der Waals surface area contributed by atoms with Gasteiger partial charge in [-0.05, 0) is 80.0 Å². The molecule has 1 aliphatic heterocycles. The monoisotopic (exact) mass is 629 g/mol. The van der Waals surface area contributed by atoms with E-state index >= 15 is 0 Å². The Balaban J connectivity index is 1.01. The van der Waals surface area contributed by atoms with Gasteiger partial charge in [0.05, 0.1) is 17.6 Å². The lowest BCUT2D eigenvalue weighted by Crippen LogP contribution is -2.73. The van der Waals surface area contributed by atoms with Crippen LogP contribution in [0.5, 0.6) is 11.5 Å². The Morgan fingerprint density at radius 1 is 0.911 bits per heavy atom. The Bertz CT molecular complexity index is 1630. The third-order valence-electron chi connectivity index (χ3n) is 11.9. The first kappa shape index (κ1) is 29.4. The maximum atomic E-state index is 13.4. The van der Waals surface area contributed by atoms with E-state index < -0.39 is 24.9 Å². The molecule has 8 rings (SSSR count). The van der Waals surface area contributed by atoms with Crippen molar-refractivity contribution in [1.29, 1.82) is 0 Å². The van der Waals surface area contributed by atoms with Crippen LogP contribution in [0.3, 0.4) is 0 Å². The Hall–Kier alpha value is -3.00. The van der Waals surface area contributed by atoms with E-state index in [1.165, 1.54) is 11.1 Å². The molecule has 6 unspecified atom stereocenters. The highest BCUT2D eigenvalue weighted by Gasteiger charge is 2.73. The zero-order valence-corrected chi connectivity index (χ0v) is 26.2. The molecule has 3 fully saturated rings. The zero-order chi connectivity index (χ0) is 31.0. The van der Waals surface area contributed by atoms with Gasteiger partial charge in [0, 0.05) is 29.4 Å². The molecule has 1 spiro atoms. The number of phosphoric acid groups is 1. The molecule has 8 nitrogen and oxygen atoms in total. The Morgan fingerprint density at radius 2 is 1.58 bits per heavy atom. The molecule has 9 heteroatoms. The highest BCUT2D eigenvalue weighted by Crippen LogP contribution is 2.67. The van der Waals surface area contributed by atoms with E-state index in [4.69, 9.17) is 19.5 Å². The summed E-state index contributed by atoms with van der Waals surface area (Å²) in [6.07, 6.45) is 4.93. The molecule has 45 heavy (non-hydrogen) atoms. The van der Waals surface area contributed by atoms with Crippen LogP contribution in [0.4, 0.5) is 0 Å². The number of phosphoric ester groups is 1. The molecule has 3 aromatic carbocycles. The van der Waals surface area contributed by atoms with Crippen molar-refractivity contribution < 1.29 is 33.1 Å². The fourth-order valence-electron chi connectivity index (χ4n) is 9.70. The molecular formula is C36H40NO7P. The summed E-state index contributed by atoms with van der Waals surface area (Å²) in [6.45, 7) is 0.0962. The Morgan fingerprint density at radius 3 is 2.24 bits per heavy atom. The summed E-state index contributed by atoms with van der Waals surface area (Å²) in [5, 5.41) is 12.2. The molecule has 2 bridgehead atoms. The molecule has 6 atom stereocenters. The van der Waals surface area contributed by atoms with Crippen LogP contribution < -0.4 is 15.0 Å². The number of nitrogens with two attached hydrogens (primary N) is 1. The highest BCUT2D eigenvalue weighted by atomic mass is 31.2. The molecule has 0 radical (unpaired) electrons. The molecule has 236 valence electrons. The van der Waals surface area contributed by atoms with Crippen LogP contribution in [0.25, 0.3) is 0 Å². The van der Waals surface area contributed by atoms with Crippen molar-refractivity contribution in [2.45, 2.75) is 86.4 Å². The van der Waals surface area contributed by atoms with Crippen molar-refractivity contribution in [3.8, 4) is 11.5 Å². The van der Waals surface area contributed by atoms with Crippen LogP contribution in [0, 0.1) is 11.8 Å². The maximum absolute atomic E-state index is 13.4. The Kier molecular flexibility index (Phi) is 6.87. The first-order chi connectivity index (χ1) is 21.7. The number of aliphatic hydroxyl groups is 1. The molecule has 4 N–H and O–H groups in total. The first-order valence-corrected chi connectivity index (χ1v) is 17.8. The van der Waals surface area contributed by atoms with E-state index in [0.717, 1.165) is 36.8 Å². The lowest BCUT2D eigenvalue weighted by Gasteiger charge is -2.61. The lowest BCUT2D eigenvalue weighted by atomic mass is 9.45. The van der Waals surface area contributed by atoms with Crippen LogP contribution in [-0.2, 0) is 31.1 Å². The normalized spacial score (nSPS) is 32.7. The molecule has 3 aromatic rings. The fourth-order valence-corrected chi connectivity index (χ4v) is 10.5. The summed E-state index contributed by atoms with van der Waals surface area (Å²) >= 11 is 0. The third-order valence-corrected chi connectivity index (χ3v) is 12.8. The quantitative estimate of drug-likeness (QED) is 0.282. The minimum atomic E-state index is -4.53. The van der Waals surface area contributed by atoms with Gasteiger partial charge in [-0.2, -0.15) is 0 Å². The Labute approximate surface area is 263 Å². The molecule has 0 aromatic heterocycles. The van der Waals surface area contributed by atoms with Gasteiger partial charge < -0.3 is 20.1 Å². The molecular weight excluding hydrogens is 589 g/mol. The second-order valence-electron chi connectivity index (χ2n) is 13.9. The highest BCUT2D eigenvalue weighted by molar-refractivity contribution is 7.47. The fraction of sp³-hybridized carbons (Fsp3) is 0.472. The number of carbonyl (C=O) groups excluding carboxylic acids is 1. The molecule has 1 heterocycles. The minimum absolute atomic E-state index is 0.0632. The summed E-state index contributed by atoms with van der Waals surface area (Å²) in [4.78, 5) is 24.1. The lowest BCUT2D eigenvalue weighted by molar-refractivity contribution is -0.180. The standard InChI is InChI=1S/C36H40NO7P/c37-28-15-19-35-31-24-11-12-30(32(31)43-33(35)29(38)16-20-36(35,39)27(28)21-24)44-45(40,41)42-22-23-13-17-34(18-14-23,25-7-3-1-4-8-25)26-9-5-2-6-10-26/h1-12,23,27-28,33,39H,13-22,37H2,(H,40,41). The zero-order valence-electron chi connectivity index (χ0n) is 25.3. The second kappa shape index (κ2) is 10.5. The van der Waals surface area contributed by atoms with E-state index in [0.29, 0.717) is 25.7 Å². The summed E-state index contributed by atoms with van der Waals surface area (Å²) in [5.74, 6) is 0.212. The van der Waals surface area contributed by atoms with Crippen molar-refractivity contribution in [3.63, 3.8) is 0 Å². The molecule has 0 saturated heterocycles. The second-order valence-corrected chi connectivity index (χ2v) is 15.3. The SMILES string of the molecule is NC1CCC23c4c5ccc(OP(=O)(O)OCC6CCC(c7ccccc7)(c7ccccc7)CC6)c4OC2C(=O)CCC3(O)C1C5. The number of hydrogen-bond donors (Lipinski definition) is 3. The van der Waals surface area contributed by atoms with Gasteiger partial charge in [0.15, 0.2) is 23.4 Å². The summed E-state index contributed by atoms with van der Waals surface area (Å²) in [7, 11) is -4.53. The largest absolute Gasteiger partial charge is 0.527 e. The smallest absolute Gasteiger partial charge is 0.477 e. The minimum Gasteiger partial charge on any atom is -0.477 e. The van der Waals surface area contributed by atoms with Gasteiger partial charge in [-0.25, -0.2) is 4.57 Å². The molecule has 4 aliphatic carbocycles.